The van der Waals surface area contributed by atoms with Gasteiger partial charge in [0.05, 0.1) is 16.7 Å². The van der Waals surface area contributed by atoms with Crippen molar-refractivity contribution in [3.8, 4) is 0 Å². The molecule has 1 aromatic carbocycles. The Morgan fingerprint density at radius 2 is 1.91 bits per heavy atom. The van der Waals surface area contributed by atoms with E-state index in [4.69, 9.17) is 23.0 Å². The molecule has 120 valence electrons. The normalized spacial score (nSPS) is 44.7. The average Bonchev–Trinajstić information content (AvgIpc) is 2.80. The van der Waals surface area contributed by atoms with Crippen molar-refractivity contribution in [3.05, 3.63) is 24.3 Å². The summed E-state index contributed by atoms with van der Waals surface area (Å²) in [6, 6.07) is 2.54. The molecule has 0 bridgehead atoms. The van der Waals surface area contributed by atoms with Gasteiger partial charge in [0.2, 0.25) is 0 Å². The summed E-state index contributed by atoms with van der Waals surface area (Å²) in [4.78, 5) is 0.379. The second-order valence-corrected chi connectivity index (χ2v) is 6.36. The summed E-state index contributed by atoms with van der Waals surface area (Å²) in [7, 11) is -0.727. The van der Waals surface area contributed by atoms with E-state index < -0.39 is 50.7 Å². The van der Waals surface area contributed by atoms with Crippen LogP contribution >= 0.6 is 0 Å². The molecule has 2 heterocycles. The summed E-state index contributed by atoms with van der Waals surface area (Å²) in [5.74, 6) is 0. The number of hydrogen-bond acceptors (Lipinski definition) is 4. The number of anilines is 1. The molecule has 2 saturated heterocycles. The molecule has 1 atom stereocenters. The van der Waals surface area contributed by atoms with Gasteiger partial charge < -0.3 is 19.5 Å². The van der Waals surface area contributed by atoms with E-state index in [0.717, 1.165) is 0 Å². The van der Waals surface area contributed by atoms with Crippen molar-refractivity contribution in [2.45, 2.75) is 51.8 Å². The van der Waals surface area contributed by atoms with E-state index >= 15 is 0 Å². The van der Waals surface area contributed by atoms with Crippen molar-refractivity contribution in [1.82, 2.24) is 5.32 Å². The van der Waals surface area contributed by atoms with Crippen LogP contribution < -0.4 is 15.7 Å². The quantitative estimate of drug-likeness (QED) is 0.844. The minimum absolute atomic E-state index is 0.133. The fourth-order valence-electron chi connectivity index (χ4n) is 2.20. The van der Waals surface area contributed by atoms with Crippen molar-refractivity contribution in [1.29, 1.82) is 0 Å². The standard InChI is InChI=1S/C17H27BN2O2/c1-13-12-20(11-10-19-13)15-8-6-14(7-9-15)18-21-16(2,3)17(4,5)22-18/h6-9,13,19H,10-12H2,1-5H3/i1D3,10D2,11D2,12D2,13D. The van der Waals surface area contributed by atoms with E-state index in [1.54, 1.807) is 5.32 Å². The van der Waals surface area contributed by atoms with Crippen LogP contribution in [0.5, 0.6) is 0 Å². The third-order valence-corrected chi connectivity index (χ3v) is 4.26. The minimum Gasteiger partial charge on any atom is -0.399 e. The van der Waals surface area contributed by atoms with Gasteiger partial charge in [-0.05, 0) is 52.1 Å². The number of hydrogen-bond donors (Lipinski definition) is 1. The highest BCUT2D eigenvalue weighted by Crippen LogP contribution is 2.36. The summed E-state index contributed by atoms with van der Waals surface area (Å²) in [6.45, 7) is -5.00. The van der Waals surface area contributed by atoms with Crippen molar-refractivity contribution in [2.75, 3.05) is 24.4 Å². The molecule has 0 radical (unpaired) electrons. The van der Waals surface area contributed by atoms with Gasteiger partial charge in [-0.3, -0.25) is 0 Å². The molecule has 0 saturated carbocycles. The number of rotatable bonds is 2. The average molecular weight is 312 g/mol. The Labute approximate surface area is 148 Å². The first-order valence-electron chi connectivity index (χ1n) is 12.2. The van der Waals surface area contributed by atoms with Gasteiger partial charge in [-0.1, -0.05) is 12.1 Å². The highest BCUT2D eigenvalue weighted by molar-refractivity contribution is 6.62. The molecule has 2 aliphatic heterocycles. The molecule has 2 fully saturated rings. The van der Waals surface area contributed by atoms with Gasteiger partial charge in [-0.15, -0.1) is 0 Å². The SMILES string of the molecule is [2H]C([2H])([2H])C1([2H])NC([2H])([2H])C([2H])([2H])N(c2ccc(B3OC(C)(C)C(C)(C)O3)cc2)C1([2H])[2H]. The molecule has 1 aromatic rings. The van der Waals surface area contributed by atoms with Crippen molar-refractivity contribution >= 4 is 18.3 Å². The lowest BCUT2D eigenvalue weighted by Crippen LogP contribution is -2.49. The van der Waals surface area contributed by atoms with E-state index in [-0.39, 0.29) is 5.69 Å². The Morgan fingerprint density at radius 3 is 2.50 bits per heavy atom. The zero-order valence-electron chi connectivity index (χ0n) is 23.2. The Balaban J connectivity index is 2.05. The van der Waals surface area contributed by atoms with Crippen LogP contribution in [0.2, 0.25) is 0 Å². The first kappa shape index (κ1) is 7.69. The van der Waals surface area contributed by atoms with Gasteiger partial charge in [-0.25, -0.2) is 0 Å². The Bertz CT molecular complexity index is 874. The first-order valence-corrected chi connectivity index (χ1v) is 7.16. The van der Waals surface area contributed by atoms with E-state index in [1.165, 1.54) is 24.3 Å². The molecule has 3 rings (SSSR count). The number of piperazine rings is 1. The largest absolute Gasteiger partial charge is 0.494 e. The second kappa shape index (κ2) is 5.55. The molecular formula is C17H27BN2O2. The zero-order chi connectivity index (χ0) is 24.8. The number of nitrogens with one attached hydrogen (secondary N) is 1. The number of nitrogens with zero attached hydrogens (tertiary/aromatic N) is 1. The molecule has 0 aliphatic carbocycles. The summed E-state index contributed by atoms with van der Waals surface area (Å²) < 4.78 is 92.7. The predicted octanol–water partition coefficient (Wildman–Crippen LogP) is 1.78. The molecule has 5 heteroatoms. The molecule has 0 spiro atoms. The Morgan fingerprint density at radius 1 is 1.27 bits per heavy atom. The van der Waals surface area contributed by atoms with Gasteiger partial charge in [0.25, 0.3) is 0 Å². The topological polar surface area (TPSA) is 33.7 Å². The van der Waals surface area contributed by atoms with Gasteiger partial charge in [0.1, 0.15) is 0 Å². The zero-order valence-corrected chi connectivity index (χ0v) is 13.2. The lowest BCUT2D eigenvalue weighted by atomic mass is 9.79. The molecule has 4 nitrogen and oxygen atoms in total. The molecule has 1 unspecified atom stereocenters. The lowest BCUT2D eigenvalue weighted by molar-refractivity contribution is 0.00578. The fourth-order valence-corrected chi connectivity index (χ4v) is 2.20. The monoisotopic (exact) mass is 312 g/mol. The fraction of sp³-hybridized carbons (Fsp3) is 0.647. The van der Waals surface area contributed by atoms with E-state index in [1.807, 2.05) is 27.7 Å². The highest BCUT2D eigenvalue weighted by Gasteiger charge is 2.51. The smallest absolute Gasteiger partial charge is 0.399 e. The molecule has 0 amide bonds. The van der Waals surface area contributed by atoms with Crippen molar-refractivity contribution < 1.29 is 23.0 Å². The maximum atomic E-state index is 8.41. The predicted molar refractivity (Wildman–Crippen MR) is 91.8 cm³/mol. The van der Waals surface area contributed by atoms with E-state index in [0.29, 0.717) is 10.4 Å². The van der Waals surface area contributed by atoms with Gasteiger partial charge in [-0.2, -0.15) is 0 Å². The summed E-state index contributed by atoms with van der Waals surface area (Å²) in [6.07, 6.45) is 0. The minimum atomic E-state index is -3.30. The highest BCUT2D eigenvalue weighted by atomic mass is 16.7. The third kappa shape index (κ3) is 2.90. The summed E-state index contributed by atoms with van der Waals surface area (Å²) in [5.41, 5.74) is -0.749. The van der Waals surface area contributed by atoms with Crippen LogP contribution in [0.3, 0.4) is 0 Å². The van der Waals surface area contributed by atoms with E-state index in [9.17, 15) is 0 Å². The van der Waals surface area contributed by atoms with Crippen LogP contribution in [0.4, 0.5) is 5.69 Å². The second-order valence-electron chi connectivity index (χ2n) is 6.36. The van der Waals surface area contributed by atoms with Crippen LogP contribution in [0, 0.1) is 0 Å². The van der Waals surface area contributed by atoms with Crippen molar-refractivity contribution in [3.63, 3.8) is 0 Å². The summed E-state index contributed by atoms with van der Waals surface area (Å²) in [5, 5.41) is 1.77. The number of benzene rings is 1. The molecule has 0 aromatic heterocycles. The van der Waals surface area contributed by atoms with Gasteiger partial charge in [0, 0.05) is 39.4 Å². The molecule has 22 heavy (non-hydrogen) atoms. The van der Waals surface area contributed by atoms with Crippen LogP contribution in [0.15, 0.2) is 24.3 Å². The molecule has 2 aliphatic rings. The van der Waals surface area contributed by atoms with Gasteiger partial charge in [0.15, 0.2) is 0 Å². The van der Waals surface area contributed by atoms with E-state index in [2.05, 4.69) is 0 Å². The van der Waals surface area contributed by atoms with Crippen LogP contribution in [-0.4, -0.2) is 43.8 Å². The van der Waals surface area contributed by atoms with Crippen LogP contribution in [0.1, 0.15) is 48.3 Å². The van der Waals surface area contributed by atoms with Crippen LogP contribution in [0.25, 0.3) is 0 Å². The molecule has 1 N–H and O–H groups in total. The Kier molecular flexibility index (Phi) is 1.94. The van der Waals surface area contributed by atoms with Gasteiger partial charge >= 0.3 is 7.12 Å². The Hall–Kier alpha value is -1.04. The first-order chi connectivity index (χ1) is 14.1. The third-order valence-electron chi connectivity index (χ3n) is 4.26. The lowest BCUT2D eigenvalue weighted by Gasteiger charge is -2.33. The van der Waals surface area contributed by atoms with Crippen LogP contribution in [-0.2, 0) is 9.31 Å². The maximum absolute atomic E-state index is 8.41. The maximum Gasteiger partial charge on any atom is 0.494 e. The molecular weight excluding hydrogens is 275 g/mol. The summed E-state index contributed by atoms with van der Waals surface area (Å²) >= 11 is 0. The van der Waals surface area contributed by atoms with Crippen molar-refractivity contribution in [2.24, 2.45) is 0 Å².